The summed E-state index contributed by atoms with van der Waals surface area (Å²) in [7, 11) is 0. The number of anilines is 1. The van der Waals surface area contributed by atoms with E-state index in [1.165, 1.54) is 12.1 Å². The molecule has 0 fully saturated rings. The molecule has 114 valence electrons. The van der Waals surface area contributed by atoms with Crippen LogP contribution < -0.4 is 10.6 Å². The molecule has 0 radical (unpaired) electrons. The second-order valence-electron chi connectivity index (χ2n) is 4.99. The van der Waals surface area contributed by atoms with Gasteiger partial charge in [0, 0.05) is 17.8 Å². The summed E-state index contributed by atoms with van der Waals surface area (Å²) in [4.78, 5) is 10.3. The highest BCUT2D eigenvalue weighted by molar-refractivity contribution is 7.80. The summed E-state index contributed by atoms with van der Waals surface area (Å²) in [5.74, 6) is 0. The van der Waals surface area contributed by atoms with E-state index in [4.69, 9.17) is 12.2 Å². The highest BCUT2D eigenvalue weighted by Crippen LogP contribution is 2.21. The zero-order valence-electron chi connectivity index (χ0n) is 12.4. The number of non-ortho nitro benzene ring substituents is 1. The van der Waals surface area contributed by atoms with Crippen molar-refractivity contribution in [3.05, 3.63) is 69.8 Å². The first-order chi connectivity index (χ1) is 10.5. The van der Waals surface area contributed by atoms with Gasteiger partial charge in [0.2, 0.25) is 0 Å². The summed E-state index contributed by atoms with van der Waals surface area (Å²) >= 11 is 5.30. The number of nitro benzene ring substituents is 1. The Balaban J connectivity index is 2.02. The molecule has 1 atom stereocenters. The number of nitrogens with zero attached hydrogens (tertiary/aromatic N) is 1. The van der Waals surface area contributed by atoms with E-state index in [0.29, 0.717) is 5.11 Å². The van der Waals surface area contributed by atoms with E-state index in [1.54, 1.807) is 13.0 Å². The molecule has 0 aromatic heterocycles. The molecule has 0 bridgehead atoms. The van der Waals surface area contributed by atoms with E-state index in [9.17, 15) is 10.1 Å². The number of nitrogens with one attached hydrogen (secondary N) is 2. The van der Waals surface area contributed by atoms with Gasteiger partial charge in [0.15, 0.2) is 5.11 Å². The number of hydrogen-bond acceptors (Lipinski definition) is 3. The molecular formula is C16H17N3O2S. The lowest BCUT2D eigenvalue weighted by atomic mass is 10.1. The molecule has 0 saturated heterocycles. The molecule has 0 saturated carbocycles. The Kier molecular flexibility index (Phi) is 5.06. The third-order valence-corrected chi connectivity index (χ3v) is 3.54. The second-order valence-corrected chi connectivity index (χ2v) is 5.40. The Hall–Kier alpha value is -2.47. The topological polar surface area (TPSA) is 67.2 Å². The van der Waals surface area contributed by atoms with Gasteiger partial charge in [-0.3, -0.25) is 10.1 Å². The van der Waals surface area contributed by atoms with Crippen molar-refractivity contribution in [2.24, 2.45) is 0 Å². The van der Waals surface area contributed by atoms with Crippen LogP contribution in [0.1, 0.15) is 24.1 Å². The Morgan fingerprint density at radius 1 is 1.23 bits per heavy atom. The van der Waals surface area contributed by atoms with Crippen LogP contribution in [0, 0.1) is 17.0 Å². The van der Waals surface area contributed by atoms with E-state index in [0.717, 1.165) is 16.8 Å². The van der Waals surface area contributed by atoms with Crippen molar-refractivity contribution in [3.63, 3.8) is 0 Å². The molecule has 6 heteroatoms. The highest BCUT2D eigenvalue weighted by Gasteiger charge is 2.10. The van der Waals surface area contributed by atoms with Gasteiger partial charge < -0.3 is 10.6 Å². The summed E-state index contributed by atoms with van der Waals surface area (Å²) in [5.41, 5.74) is 2.72. The largest absolute Gasteiger partial charge is 0.356 e. The van der Waals surface area contributed by atoms with E-state index in [1.807, 2.05) is 37.3 Å². The fraction of sp³-hybridized carbons (Fsp3) is 0.188. The summed E-state index contributed by atoms with van der Waals surface area (Å²) in [5, 5.41) is 17.5. The molecule has 0 heterocycles. The minimum atomic E-state index is -0.412. The van der Waals surface area contributed by atoms with Crippen molar-refractivity contribution in [1.82, 2.24) is 5.32 Å². The third-order valence-electron chi connectivity index (χ3n) is 3.32. The maximum Gasteiger partial charge on any atom is 0.269 e. The molecule has 2 N–H and O–H groups in total. The van der Waals surface area contributed by atoms with Gasteiger partial charge in [-0.25, -0.2) is 0 Å². The van der Waals surface area contributed by atoms with Crippen molar-refractivity contribution in [3.8, 4) is 0 Å². The number of benzene rings is 2. The van der Waals surface area contributed by atoms with Gasteiger partial charge in [0.25, 0.3) is 5.69 Å². The summed E-state index contributed by atoms with van der Waals surface area (Å²) < 4.78 is 0. The predicted octanol–water partition coefficient (Wildman–Crippen LogP) is 3.95. The maximum absolute atomic E-state index is 10.7. The van der Waals surface area contributed by atoms with E-state index in [2.05, 4.69) is 10.6 Å². The fourth-order valence-corrected chi connectivity index (χ4v) is 2.37. The van der Waals surface area contributed by atoms with Gasteiger partial charge in [0.1, 0.15) is 0 Å². The van der Waals surface area contributed by atoms with Gasteiger partial charge in [0.05, 0.1) is 11.0 Å². The van der Waals surface area contributed by atoms with Gasteiger partial charge in [-0.05, 0) is 43.3 Å². The molecule has 0 aliphatic carbocycles. The van der Waals surface area contributed by atoms with Crippen LogP contribution in [0.3, 0.4) is 0 Å². The molecule has 0 spiro atoms. The molecule has 0 aliphatic rings. The average molecular weight is 315 g/mol. The number of rotatable bonds is 4. The standard InChI is InChI=1S/C16H17N3O2S/c1-11-10-14(19(20)21)8-9-15(11)18-16(22)17-12(2)13-6-4-3-5-7-13/h3-10,12H,1-2H3,(H2,17,18,22). The quantitative estimate of drug-likeness (QED) is 0.508. The van der Waals surface area contributed by atoms with Crippen molar-refractivity contribution in [1.29, 1.82) is 0 Å². The first kappa shape index (κ1) is 15.9. The first-order valence-corrected chi connectivity index (χ1v) is 7.25. The van der Waals surface area contributed by atoms with Gasteiger partial charge in [-0.15, -0.1) is 0 Å². The first-order valence-electron chi connectivity index (χ1n) is 6.85. The molecule has 0 aliphatic heterocycles. The lowest BCUT2D eigenvalue weighted by molar-refractivity contribution is -0.384. The molecule has 2 aromatic rings. The zero-order valence-corrected chi connectivity index (χ0v) is 13.2. The van der Waals surface area contributed by atoms with E-state index < -0.39 is 4.92 Å². The molecule has 1 unspecified atom stereocenters. The smallest absolute Gasteiger partial charge is 0.269 e. The molecule has 5 nitrogen and oxygen atoms in total. The maximum atomic E-state index is 10.7. The SMILES string of the molecule is Cc1cc([N+](=O)[O-])ccc1NC(=S)NC(C)c1ccccc1. The Morgan fingerprint density at radius 2 is 1.91 bits per heavy atom. The Morgan fingerprint density at radius 3 is 2.50 bits per heavy atom. The van der Waals surface area contributed by atoms with Crippen molar-refractivity contribution in [2.45, 2.75) is 19.9 Å². The molecule has 0 amide bonds. The number of hydrogen-bond donors (Lipinski definition) is 2. The third kappa shape index (κ3) is 4.02. The lowest BCUT2D eigenvalue weighted by Gasteiger charge is -2.18. The highest BCUT2D eigenvalue weighted by atomic mass is 32.1. The second kappa shape index (κ2) is 7.00. The zero-order chi connectivity index (χ0) is 16.1. The summed E-state index contributed by atoms with van der Waals surface area (Å²) in [6.45, 7) is 3.82. The average Bonchev–Trinajstić information content (AvgIpc) is 2.50. The van der Waals surface area contributed by atoms with E-state index >= 15 is 0 Å². The van der Waals surface area contributed by atoms with Crippen LogP contribution >= 0.6 is 12.2 Å². The number of nitro groups is 1. The number of thiocarbonyl (C=S) groups is 1. The molecule has 2 aromatic carbocycles. The van der Waals surface area contributed by atoms with Crippen LogP contribution in [-0.4, -0.2) is 10.0 Å². The van der Waals surface area contributed by atoms with Gasteiger partial charge in [-0.1, -0.05) is 30.3 Å². The summed E-state index contributed by atoms with van der Waals surface area (Å²) in [6, 6.07) is 14.7. The van der Waals surface area contributed by atoms with Crippen LogP contribution in [0.15, 0.2) is 48.5 Å². The molecule has 2 rings (SSSR count). The number of aryl methyl sites for hydroxylation is 1. The Labute approximate surface area is 134 Å². The fourth-order valence-electron chi connectivity index (χ4n) is 2.08. The minimum Gasteiger partial charge on any atom is -0.356 e. The monoisotopic (exact) mass is 315 g/mol. The molecule has 22 heavy (non-hydrogen) atoms. The van der Waals surface area contributed by atoms with Crippen LogP contribution in [0.4, 0.5) is 11.4 Å². The minimum absolute atomic E-state index is 0.0690. The lowest BCUT2D eigenvalue weighted by Crippen LogP contribution is -2.31. The van der Waals surface area contributed by atoms with Gasteiger partial charge >= 0.3 is 0 Å². The Bertz CT molecular complexity index is 689. The van der Waals surface area contributed by atoms with Crippen LogP contribution in [0.5, 0.6) is 0 Å². The van der Waals surface area contributed by atoms with Crippen LogP contribution in [-0.2, 0) is 0 Å². The summed E-state index contributed by atoms with van der Waals surface area (Å²) in [6.07, 6.45) is 0. The van der Waals surface area contributed by atoms with E-state index in [-0.39, 0.29) is 11.7 Å². The van der Waals surface area contributed by atoms with Crippen molar-refractivity contribution >= 4 is 28.7 Å². The van der Waals surface area contributed by atoms with Gasteiger partial charge in [-0.2, -0.15) is 0 Å². The molecular weight excluding hydrogens is 298 g/mol. The van der Waals surface area contributed by atoms with Crippen molar-refractivity contribution in [2.75, 3.05) is 5.32 Å². The normalized spacial score (nSPS) is 11.5. The van der Waals surface area contributed by atoms with Crippen LogP contribution in [0.2, 0.25) is 0 Å². The van der Waals surface area contributed by atoms with Crippen LogP contribution in [0.25, 0.3) is 0 Å². The van der Waals surface area contributed by atoms with Crippen molar-refractivity contribution < 1.29 is 4.92 Å². The predicted molar refractivity (Wildman–Crippen MR) is 92.0 cm³/mol.